The molecule has 3 aromatic rings. The van der Waals surface area contributed by atoms with Gasteiger partial charge in [-0.3, -0.25) is 0 Å². The van der Waals surface area contributed by atoms with Crippen molar-refractivity contribution in [3.8, 4) is 22.5 Å². The van der Waals surface area contributed by atoms with E-state index in [1.165, 1.54) is 62.8 Å². The van der Waals surface area contributed by atoms with Gasteiger partial charge in [0.2, 0.25) is 0 Å². The predicted octanol–water partition coefficient (Wildman–Crippen LogP) is 8.19. The van der Waals surface area contributed by atoms with E-state index in [-0.39, 0.29) is 11.6 Å². The summed E-state index contributed by atoms with van der Waals surface area (Å²) >= 11 is 0. The summed E-state index contributed by atoms with van der Waals surface area (Å²) in [6.07, 6.45) is 8.86. The molecule has 0 radical (unpaired) electrons. The summed E-state index contributed by atoms with van der Waals surface area (Å²) in [5, 5.41) is 11.3. The average Bonchev–Trinajstić information content (AvgIpc) is 2.89. The largest absolute Gasteiger partial charge is 0.387 e. The molecule has 0 bridgehead atoms. The normalized spacial score (nSPS) is 12.3. The Morgan fingerprint density at radius 3 is 1.56 bits per heavy atom. The molecule has 0 spiro atoms. The van der Waals surface area contributed by atoms with E-state index in [1.54, 1.807) is 24.3 Å². The van der Waals surface area contributed by atoms with Crippen molar-refractivity contribution >= 4 is 0 Å². The number of hydrogen-bond acceptors (Lipinski definition) is 3. The minimum Gasteiger partial charge on any atom is -0.387 e. The number of rotatable bonds is 15. The van der Waals surface area contributed by atoms with Gasteiger partial charge in [-0.15, -0.1) is 0 Å². The van der Waals surface area contributed by atoms with Crippen LogP contribution in [-0.2, 0) is 0 Å². The van der Waals surface area contributed by atoms with Crippen molar-refractivity contribution in [3.63, 3.8) is 0 Å². The molecule has 3 rings (SSSR count). The van der Waals surface area contributed by atoms with Crippen LogP contribution in [0, 0.1) is 11.6 Å². The summed E-state index contributed by atoms with van der Waals surface area (Å²) in [5.41, 5.74) is 3.61. The Labute approximate surface area is 215 Å². The Hall–Kier alpha value is -2.63. The Morgan fingerprint density at radius 1 is 0.694 bits per heavy atom. The lowest BCUT2D eigenvalue weighted by Gasteiger charge is -2.26. The van der Waals surface area contributed by atoms with Crippen LogP contribution >= 0.6 is 0 Å². The standard InChI is InChI=1S/C31H40F2N2O/c1-3-5-7-9-19-35(20-10-8-6-4-2)23-31(36)26-21-29(24-11-15-27(32)16-12-24)34-30(22-26)25-13-17-28(33)18-14-25/h11-18,21-22,31,36H,3-10,19-20,23H2,1-2H3. The number of aromatic nitrogens is 1. The highest BCUT2D eigenvalue weighted by molar-refractivity contribution is 5.67. The molecule has 1 atom stereocenters. The van der Waals surface area contributed by atoms with Gasteiger partial charge in [-0.1, -0.05) is 52.4 Å². The molecule has 36 heavy (non-hydrogen) atoms. The topological polar surface area (TPSA) is 36.4 Å². The van der Waals surface area contributed by atoms with Crippen molar-refractivity contribution in [1.82, 2.24) is 9.88 Å². The fourth-order valence-corrected chi connectivity index (χ4v) is 4.45. The Bertz CT molecular complexity index is 962. The second-order valence-corrected chi connectivity index (χ2v) is 9.62. The van der Waals surface area contributed by atoms with Gasteiger partial charge in [0.25, 0.3) is 0 Å². The molecule has 3 nitrogen and oxygen atoms in total. The molecule has 0 aliphatic rings. The number of aliphatic hydroxyl groups excluding tert-OH is 1. The van der Waals surface area contributed by atoms with Crippen molar-refractivity contribution in [2.24, 2.45) is 0 Å². The molecular formula is C31H40F2N2O. The highest BCUT2D eigenvalue weighted by Gasteiger charge is 2.17. The Morgan fingerprint density at radius 2 is 1.14 bits per heavy atom. The zero-order valence-corrected chi connectivity index (χ0v) is 21.7. The van der Waals surface area contributed by atoms with Crippen molar-refractivity contribution < 1.29 is 13.9 Å². The molecule has 1 unspecified atom stereocenters. The minimum atomic E-state index is -0.691. The number of halogens is 2. The van der Waals surface area contributed by atoms with Crippen molar-refractivity contribution in [3.05, 3.63) is 77.9 Å². The summed E-state index contributed by atoms with van der Waals surface area (Å²) in [7, 11) is 0. The molecule has 0 saturated carbocycles. The summed E-state index contributed by atoms with van der Waals surface area (Å²) < 4.78 is 27.1. The maximum atomic E-state index is 13.5. The average molecular weight is 495 g/mol. The molecule has 0 fully saturated rings. The summed E-state index contributed by atoms with van der Waals surface area (Å²) in [6.45, 7) is 6.93. The third-order valence-electron chi connectivity index (χ3n) is 6.60. The molecule has 5 heteroatoms. The van der Waals surface area contributed by atoms with Crippen LogP contribution in [0.1, 0.15) is 76.9 Å². The summed E-state index contributed by atoms with van der Waals surface area (Å²) in [5.74, 6) is -0.619. The van der Waals surface area contributed by atoms with Gasteiger partial charge in [0, 0.05) is 17.7 Å². The predicted molar refractivity (Wildman–Crippen MR) is 145 cm³/mol. The van der Waals surface area contributed by atoms with E-state index in [0.29, 0.717) is 17.9 Å². The molecule has 2 aromatic carbocycles. The van der Waals surface area contributed by atoms with Crippen LogP contribution in [0.25, 0.3) is 22.5 Å². The van der Waals surface area contributed by atoms with Gasteiger partial charge in [0.15, 0.2) is 0 Å². The first-order valence-electron chi connectivity index (χ1n) is 13.4. The van der Waals surface area contributed by atoms with E-state index in [0.717, 1.165) is 42.6 Å². The second-order valence-electron chi connectivity index (χ2n) is 9.62. The first-order chi connectivity index (χ1) is 17.5. The number of pyridine rings is 1. The lowest BCUT2D eigenvalue weighted by atomic mass is 10.0. The third-order valence-corrected chi connectivity index (χ3v) is 6.60. The van der Waals surface area contributed by atoms with Crippen LogP contribution < -0.4 is 0 Å². The first-order valence-corrected chi connectivity index (χ1v) is 13.4. The molecule has 1 heterocycles. The number of aliphatic hydroxyl groups is 1. The van der Waals surface area contributed by atoms with Crippen LogP contribution in [0.3, 0.4) is 0 Å². The van der Waals surface area contributed by atoms with E-state index in [9.17, 15) is 13.9 Å². The highest BCUT2D eigenvalue weighted by atomic mass is 19.1. The molecule has 0 aliphatic heterocycles. The van der Waals surface area contributed by atoms with Gasteiger partial charge >= 0.3 is 0 Å². The Balaban J connectivity index is 1.85. The van der Waals surface area contributed by atoms with Crippen LogP contribution in [0.2, 0.25) is 0 Å². The van der Waals surface area contributed by atoms with Gasteiger partial charge in [-0.25, -0.2) is 13.8 Å². The van der Waals surface area contributed by atoms with Crippen LogP contribution in [0.15, 0.2) is 60.7 Å². The summed E-state index contributed by atoms with van der Waals surface area (Å²) in [6, 6.07) is 16.2. The molecule has 0 saturated heterocycles. The second kappa shape index (κ2) is 14.8. The van der Waals surface area contributed by atoms with Crippen molar-refractivity contribution in [2.75, 3.05) is 19.6 Å². The van der Waals surface area contributed by atoms with E-state index >= 15 is 0 Å². The van der Waals surface area contributed by atoms with E-state index in [1.807, 2.05) is 12.1 Å². The van der Waals surface area contributed by atoms with Gasteiger partial charge in [0.05, 0.1) is 17.5 Å². The van der Waals surface area contributed by atoms with E-state index in [2.05, 4.69) is 18.7 Å². The first kappa shape index (κ1) is 27.9. The monoisotopic (exact) mass is 494 g/mol. The quantitative estimate of drug-likeness (QED) is 0.216. The number of unbranched alkanes of at least 4 members (excludes halogenated alkanes) is 6. The molecule has 194 valence electrons. The van der Waals surface area contributed by atoms with Crippen LogP contribution in [0.4, 0.5) is 8.78 Å². The maximum Gasteiger partial charge on any atom is 0.123 e. The fourth-order valence-electron chi connectivity index (χ4n) is 4.45. The van der Waals surface area contributed by atoms with Crippen molar-refractivity contribution in [1.29, 1.82) is 0 Å². The molecular weight excluding hydrogens is 454 g/mol. The fraction of sp³-hybridized carbons (Fsp3) is 0.452. The maximum absolute atomic E-state index is 13.5. The van der Waals surface area contributed by atoms with Gasteiger partial charge in [0.1, 0.15) is 11.6 Å². The number of benzene rings is 2. The zero-order chi connectivity index (χ0) is 25.8. The molecule has 0 aliphatic carbocycles. The lowest BCUT2D eigenvalue weighted by Crippen LogP contribution is -2.31. The van der Waals surface area contributed by atoms with Crippen molar-refractivity contribution in [2.45, 2.75) is 71.3 Å². The number of nitrogens with zero attached hydrogens (tertiary/aromatic N) is 2. The van der Waals surface area contributed by atoms with Crippen LogP contribution in [-0.4, -0.2) is 34.6 Å². The molecule has 1 N–H and O–H groups in total. The van der Waals surface area contributed by atoms with Gasteiger partial charge in [-0.05, 0) is 92.2 Å². The lowest BCUT2D eigenvalue weighted by molar-refractivity contribution is 0.110. The molecule has 1 aromatic heterocycles. The SMILES string of the molecule is CCCCCCN(CCCCCC)CC(O)c1cc(-c2ccc(F)cc2)nc(-c2ccc(F)cc2)c1. The van der Waals surface area contributed by atoms with Gasteiger partial charge < -0.3 is 10.0 Å². The highest BCUT2D eigenvalue weighted by Crippen LogP contribution is 2.28. The van der Waals surface area contributed by atoms with Gasteiger partial charge in [-0.2, -0.15) is 0 Å². The third kappa shape index (κ3) is 8.79. The zero-order valence-electron chi connectivity index (χ0n) is 21.7. The smallest absolute Gasteiger partial charge is 0.123 e. The Kier molecular flexibility index (Phi) is 11.5. The van der Waals surface area contributed by atoms with E-state index < -0.39 is 6.10 Å². The van der Waals surface area contributed by atoms with E-state index in [4.69, 9.17) is 4.98 Å². The minimum absolute atomic E-state index is 0.310. The molecule has 0 amide bonds. The van der Waals surface area contributed by atoms with Crippen LogP contribution in [0.5, 0.6) is 0 Å². The number of hydrogen-bond donors (Lipinski definition) is 1. The summed E-state index contributed by atoms with van der Waals surface area (Å²) in [4.78, 5) is 7.15.